The Hall–Kier alpha value is -1.55. The van der Waals surface area contributed by atoms with E-state index in [0.29, 0.717) is 31.4 Å². The van der Waals surface area contributed by atoms with Gasteiger partial charge in [-0.25, -0.2) is 4.99 Å². The second-order valence-electron chi connectivity index (χ2n) is 8.57. The standard InChI is InChI=1S/C23H37N5O2.HI/c1-2-25-23(28-11-3-4-20(16-28)14-22(24)30)26-15-18-5-7-21(8-6-18)27-12-9-19(17-29)10-13-27;/h5-8,19-20,29H,2-4,9-17H2,1H3,(H2,24,30)(H,25,26);1H. The molecule has 2 aliphatic heterocycles. The van der Waals surface area contributed by atoms with Gasteiger partial charge in [0.05, 0.1) is 6.54 Å². The quantitative estimate of drug-likeness (QED) is 0.279. The first-order chi connectivity index (χ1) is 14.6. The van der Waals surface area contributed by atoms with E-state index in [4.69, 9.17) is 10.7 Å². The summed E-state index contributed by atoms with van der Waals surface area (Å²) >= 11 is 0. The molecular formula is C23H38IN5O2. The molecule has 1 atom stereocenters. The van der Waals surface area contributed by atoms with Gasteiger partial charge in [0.15, 0.2) is 5.96 Å². The summed E-state index contributed by atoms with van der Waals surface area (Å²) in [6.45, 7) is 7.64. The Labute approximate surface area is 203 Å². The number of rotatable bonds is 7. The Morgan fingerprint density at radius 1 is 1.16 bits per heavy atom. The van der Waals surface area contributed by atoms with Gasteiger partial charge in [0.2, 0.25) is 5.91 Å². The van der Waals surface area contributed by atoms with Crippen LogP contribution in [0.3, 0.4) is 0 Å². The van der Waals surface area contributed by atoms with Crippen LogP contribution < -0.4 is 16.0 Å². The van der Waals surface area contributed by atoms with E-state index in [0.717, 1.165) is 64.4 Å². The minimum Gasteiger partial charge on any atom is -0.396 e. The highest BCUT2D eigenvalue weighted by molar-refractivity contribution is 14.0. The van der Waals surface area contributed by atoms with Gasteiger partial charge in [-0.2, -0.15) is 0 Å². The first-order valence-corrected chi connectivity index (χ1v) is 11.3. The lowest BCUT2D eigenvalue weighted by Crippen LogP contribution is -2.47. The van der Waals surface area contributed by atoms with Crippen LogP contribution in [0.5, 0.6) is 0 Å². The van der Waals surface area contributed by atoms with Crippen LogP contribution in [0, 0.1) is 11.8 Å². The van der Waals surface area contributed by atoms with Gasteiger partial charge in [0.1, 0.15) is 0 Å². The van der Waals surface area contributed by atoms with Crippen molar-refractivity contribution in [2.45, 2.75) is 45.6 Å². The number of carbonyl (C=O) groups excluding carboxylic acids is 1. The summed E-state index contributed by atoms with van der Waals surface area (Å²) in [7, 11) is 0. The number of nitrogens with two attached hydrogens (primary N) is 1. The number of likely N-dealkylation sites (tertiary alicyclic amines) is 1. The minimum absolute atomic E-state index is 0. The number of primary amides is 1. The topological polar surface area (TPSA) is 94.2 Å². The Bertz CT molecular complexity index is 704. The van der Waals surface area contributed by atoms with Crippen molar-refractivity contribution in [2.24, 2.45) is 22.6 Å². The highest BCUT2D eigenvalue weighted by atomic mass is 127. The maximum atomic E-state index is 11.3. The zero-order valence-corrected chi connectivity index (χ0v) is 21.0. The first-order valence-electron chi connectivity index (χ1n) is 11.3. The van der Waals surface area contributed by atoms with Crippen LogP contribution in [-0.4, -0.2) is 61.2 Å². The highest BCUT2D eigenvalue weighted by Crippen LogP contribution is 2.24. The van der Waals surface area contributed by atoms with E-state index in [2.05, 4.69) is 46.3 Å². The van der Waals surface area contributed by atoms with Crippen molar-refractivity contribution >= 4 is 41.5 Å². The van der Waals surface area contributed by atoms with Gasteiger partial charge in [0.25, 0.3) is 0 Å². The van der Waals surface area contributed by atoms with Crippen molar-refractivity contribution < 1.29 is 9.90 Å². The normalized spacial score (nSPS) is 20.3. The third-order valence-electron chi connectivity index (χ3n) is 6.23. The fourth-order valence-electron chi connectivity index (χ4n) is 4.49. The average Bonchev–Trinajstić information content (AvgIpc) is 2.77. The van der Waals surface area contributed by atoms with Crippen molar-refractivity contribution in [1.82, 2.24) is 10.2 Å². The molecule has 0 radical (unpaired) electrons. The molecule has 2 aliphatic rings. The summed E-state index contributed by atoms with van der Waals surface area (Å²) in [6.07, 6.45) is 4.68. The third kappa shape index (κ3) is 7.82. The van der Waals surface area contributed by atoms with Gasteiger partial charge in [-0.1, -0.05) is 12.1 Å². The molecule has 0 saturated carbocycles. The number of nitrogens with zero attached hydrogens (tertiary/aromatic N) is 3. The molecule has 2 fully saturated rings. The number of amides is 1. The Balaban J connectivity index is 0.00000341. The molecule has 3 rings (SSSR count). The molecule has 4 N–H and O–H groups in total. The van der Waals surface area contributed by atoms with Crippen molar-refractivity contribution in [1.29, 1.82) is 0 Å². The molecule has 0 aromatic heterocycles. The largest absolute Gasteiger partial charge is 0.396 e. The lowest BCUT2D eigenvalue weighted by atomic mass is 9.95. The molecule has 7 nitrogen and oxygen atoms in total. The van der Waals surface area contributed by atoms with E-state index in [-0.39, 0.29) is 29.9 Å². The Kier molecular flexibility index (Phi) is 10.9. The van der Waals surface area contributed by atoms with E-state index >= 15 is 0 Å². The smallest absolute Gasteiger partial charge is 0.217 e. The Morgan fingerprint density at radius 2 is 1.87 bits per heavy atom. The van der Waals surface area contributed by atoms with Gasteiger partial charge >= 0.3 is 0 Å². The minimum atomic E-state index is -0.218. The predicted octanol–water partition coefficient (Wildman–Crippen LogP) is 2.57. The summed E-state index contributed by atoms with van der Waals surface area (Å²) in [5.74, 6) is 1.47. The molecule has 174 valence electrons. The van der Waals surface area contributed by atoms with E-state index in [1.54, 1.807) is 0 Å². The number of aliphatic hydroxyl groups is 1. The van der Waals surface area contributed by atoms with Crippen molar-refractivity contribution in [2.75, 3.05) is 44.2 Å². The van der Waals surface area contributed by atoms with E-state index in [1.807, 2.05) is 0 Å². The number of halogens is 1. The highest BCUT2D eigenvalue weighted by Gasteiger charge is 2.23. The number of guanidine groups is 1. The molecule has 2 heterocycles. The monoisotopic (exact) mass is 543 g/mol. The molecule has 1 amide bonds. The first kappa shape index (κ1) is 25.7. The summed E-state index contributed by atoms with van der Waals surface area (Å²) in [4.78, 5) is 20.8. The van der Waals surface area contributed by atoms with Gasteiger partial charge in [0, 0.05) is 51.4 Å². The maximum absolute atomic E-state index is 11.3. The number of piperidine rings is 2. The molecule has 0 aliphatic carbocycles. The summed E-state index contributed by atoms with van der Waals surface area (Å²) < 4.78 is 0. The van der Waals surface area contributed by atoms with Crippen LogP contribution in [0.1, 0.15) is 44.6 Å². The molecule has 0 bridgehead atoms. The van der Waals surface area contributed by atoms with Gasteiger partial charge in [-0.15, -0.1) is 24.0 Å². The number of hydrogen-bond donors (Lipinski definition) is 3. The number of aliphatic hydroxyl groups excluding tert-OH is 1. The van der Waals surface area contributed by atoms with Gasteiger partial charge < -0.3 is 26.0 Å². The van der Waals surface area contributed by atoms with Gasteiger partial charge in [-0.3, -0.25) is 4.79 Å². The average molecular weight is 543 g/mol. The SMILES string of the molecule is CCNC(=NCc1ccc(N2CCC(CO)CC2)cc1)N1CCCC(CC(N)=O)C1.I. The molecule has 1 unspecified atom stereocenters. The van der Waals surface area contributed by atoms with Crippen molar-refractivity contribution in [3.8, 4) is 0 Å². The fraction of sp³-hybridized carbons (Fsp3) is 0.652. The number of aliphatic imine (C=N–C) groups is 1. The molecule has 0 spiro atoms. The lowest BCUT2D eigenvalue weighted by molar-refractivity contribution is -0.119. The van der Waals surface area contributed by atoms with E-state index in [9.17, 15) is 9.90 Å². The maximum Gasteiger partial charge on any atom is 0.217 e. The fourth-order valence-corrected chi connectivity index (χ4v) is 4.49. The summed E-state index contributed by atoms with van der Waals surface area (Å²) in [6, 6.07) is 8.68. The predicted molar refractivity (Wildman–Crippen MR) is 137 cm³/mol. The zero-order chi connectivity index (χ0) is 21.3. The molecule has 2 saturated heterocycles. The van der Waals surface area contributed by atoms with Crippen molar-refractivity contribution in [3.63, 3.8) is 0 Å². The van der Waals surface area contributed by atoms with E-state index < -0.39 is 0 Å². The number of carbonyl (C=O) groups is 1. The third-order valence-corrected chi connectivity index (χ3v) is 6.23. The molecular weight excluding hydrogens is 505 g/mol. The number of hydrogen-bond acceptors (Lipinski definition) is 4. The summed E-state index contributed by atoms with van der Waals surface area (Å²) in [5.41, 5.74) is 7.83. The van der Waals surface area contributed by atoms with Crippen LogP contribution in [0.4, 0.5) is 5.69 Å². The molecule has 8 heteroatoms. The van der Waals surface area contributed by atoms with E-state index in [1.165, 1.54) is 11.3 Å². The van der Waals surface area contributed by atoms with Crippen LogP contribution in [-0.2, 0) is 11.3 Å². The van der Waals surface area contributed by atoms with Crippen LogP contribution in [0.15, 0.2) is 29.3 Å². The number of benzene rings is 1. The van der Waals surface area contributed by atoms with Crippen LogP contribution in [0.25, 0.3) is 0 Å². The second-order valence-corrected chi connectivity index (χ2v) is 8.57. The van der Waals surface area contributed by atoms with Crippen LogP contribution in [0.2, 0.25) is 0 Å². The Morgan fingerprint density at radius 3 is 2.48 bits per heavy atom. The molecule has 1 aromatic carbocycles. The zero-order valence-electron chi connectivity index (χ0n) is 18.6. The van der Waals surface area contributed by atoms with Crippen molar-refractivity contribution in [3.05, 3.63) is 29.8 Å². The molecule has 1 aromatic rings. The van der Waals surface area contributed by atoms with Crippen LogP contribution >= 0.6 is 24.0 Å². The van der Waals surface area contributed by atoms with Gasteiger partial charge in [-0.05, 0) is 62.1 Å². The summed E-state index contributed by atoms with van der Waals surface area (Å²) in [5, 5.41) is 12.7. The lowest BCUT2D eigenvalue weighted by Gasteiger charge is -2.34. The number of nitrogens with one attached hydrogen (secondary N) is 1. The second kappa shape index (κ2) is 13.1. The number of anilines is 1. The molecule has 31 heavy (non-hydrogen) atoms.